The summed E-state index contributed by atoms with van der Waals surface area (Å²) in [7, 11) is 3.11. The fourth-order valence-corrected chi connectivity index (χ4v) is 2.96. The van der Waals surface area contributed by atoms with Crippen LogP contribution in [0.5, 0.6) is 0 Å². The number of rotatable bonds is 4. The monoisotopic (exact) mass is 319 g/mol. The zero-order chi connectivity index (χ0) is 16.9. The second-order valence-corrected chi connectivity index (χ2v) is 5.64. The van der Waals surface area contributed by atoms with E-state index in [2.05, 4.69) is 4.98 Å². The predicted molar refractivity (Wildman–Crippen MR) is 87.1 cm³/mol. The van der Waals surface area contributed by atoms with Crippen molar-refractivity contribution in [2.45, 2.75) is 27.3 Å². The molecule has 23 heavy (non-hydrogen) atoms. The van der Waals surface area contributed by atoms with Crippen LogP contribution in [-0.2, 0) is 25.4 Å². The molecule has 3 rings (SSSR count). The first kappa shape index (κ1) is 15.5. The second-order valence-electron chi connectivity index (χ2n) is 5.64. The van der Waals surface area contributed by atoms with E-state index in [4.69, 9.17) is 4.74 Å². The summed E-state index contributed by atoms with van der Waals surface area (Å²) in [6.07, 6.45) is 0. The molecule has 0 N–H and O–H groups in total. The Morgan fingerprint density at radius 2 is 1.78 bits per heavy atom. The van der Waals surface area contributed by atoms with Crippen LogP contribution in [0.15, 0.2) is 9.59 Å². The standard InChI is InChI=1S/C15H21N5O3/c1-6-23-8-7-19-9(2)10(3)20-11-12(16-14(19)20)17(4)15(22)18(5)13(11)21/h6-8H2,1-5H3. The van der Waals surface area contributed by atoms with Crippen LogP contribution >= 0.6 is 0 Å². The molecule has 0 aliphatic heterocycles. The molecule has 0 aliphatic carbocycles. The highest BCUT2D eigenvalue weighted by atomic mass is 16.5. The average Bonchev–Trinajstić information content (AvgIpc) is 3.02. The smallest absolute Gasteiger partial charge is 0.332 e. The zero-order valence-electron chi connectivity index (χ0n) is 14.1. The van der Waals surface area contributed by atoms with Crippen LogP contribution in [0.4, 0.5) is 0 Å². The van der Waals surface area contributed by atoms with Crippen molar-refractivity contribution in [2.24, 2.45) is 14.1 Å². The number of nitrogens with zero attached hydrogens (tertiary/aromatic N) is 5. The molecular formula is C15H21N5O3. The van der Waals surface area contributed by atoms with Crippen molar-refractivity contribution in [3.05, 3.63) is 32.2 Å². The van der Waals surface area contributed by atoms with Gasteiger partial charge in [-0.1, -0.05) is 0 Å². The molecule has 0 aliphatic rings. The lowest BCUT2D eigenvalue weighted by atomic mass is 10.3. The molecule has 0 spiro atoms. The van der Waals surface area contributed by atoms with Crippen LogP contribution in [0.3, 0.4) is 0 Å². The maximum absolute atomic E-state index is 12.6. The summed E-state index contributed by atoms with van der Waals surface area (Å²) in [5, 5.41) is 0. The van der Waals surface area contributed by atoms with Crippen molar-refractivity contribution in [1.82, 2.24) is 23.1 Å². The SMILES string of the molecule is CCOCCn1c(C)c(C)n2c3c(=O)n(C)c(=O)n(C)c3nc12. The number of fused-ring (bicyclic) bond motifs is 3. The minimum Gasteiger partial charge on any atom is -0.380 e. The van der Waals surface area contributed by atoms with Gasteiger partial charge >= 0.3 is 5.69 Å². The van der Waals surface area contributed by atoms with Crippen molar-refractivity contribution in [3.8, 4) is 0 Å². The van der Waals surface area contributed by atoms with Gasteiger partial charge in [-0.3, -0.25) is 18.3 Å². The Balaban J connectivity index is 2.40. The minimum absolute atomic E-state index is 0.333. The molecule has 8 heteroatoms. The Morgan fingerprint density at radius 3 is 2.43 bits per heavy atom. The van der Waals surface area contributed by atoms with Gasteiger partial charge in [0.05, 0.1) is 6.61 Å². The molecular weight excluding hydrogens is 298 g/mol. The van der Waals surface area contributed by atoms with Gasteiger partial charge in [-0.2, -0.15) is 4.98 Å². The third-order valence-corrected chi connectivity index (χ3v) is 4.41. The predicted octanol–water partition coefficient (Wildman–Crippen LogP) is 0.340. The number of aromatic nitrogens is 5. The fraction of sp³-hybridized carbons (Fsp3) is 0.533. The maximum atomic E-state index is 12.6. The summed E-state index contributed by atoms with van der Waals surface area (Å²) in [6.45, 7) is 7.77. The maximum Gasteiger partial charge on any atom is 0.332 e. The highest BCUT2D eigenvalue weighted by Gasteiger charge is 2.21. The van der Waals surface area contributed by atoms with Crippen molar-refractivity contribution in [1.29, 1.82) is 0 Å². The van der Waals surface area contributed by atoms with E-state index in [1.165, 1.54) is 11.6 Å². The molecule has 0 aromatic carbocycles. The van der Waals surface area contributed by atoms with E-state index >= 15 is 0 Å². The highest BCUT2D eigenvalue weighted by molar-refractivity contribution is 5.76. The lowest BCUT2D eigenvalue weighted by molar-refractivity contribution is 0.139. The summed E-state index contributed by atoms with van der Waals surface area (Å²) in [6, 6.07) is 0. The van der Waals surface area contributed by atoms with E-state index in [-0.39, 0.29) is 11.2 Å². The number of imidazole rings is 2. The molecule has 3 aromatic rings. The van der Waals surface area contributed by atoms with Gasteiger partial charge in [-0.15, -0.1) is 0 Å². The van der Waals surface area contributed by atoms with E-state index in [1.807, 2.05) is 29.7 Å². The van der Waals surface area contributed by atoms with Gasteiger partial charge in [0, 0.05) is 38.6 Å². The Bertz CT molecular complexity index is 1020. The Kier molecular flexibility index (Phi) is 3.63. The summed E-state index contributed by atoms with van der Waals surface area (Å²) in [4.78, 5) is 29.2. The molecule has 0 saturated carbocycles. The Morgan fingerprint density at radius 1 is 1.09 bits per heavy atom. The number of ether oxygens (including phenoxy) is 1. The first-order chi connectivity index (χ1) is 10.9. The highest BCUT2D eigenvalue weighted by Crippen LogP contribution is 2.20. The lowest BCUT2D eigenvalue weighted by Gasteiger charge is -2.06. The first-order valence-electron chi connectivity index (χ1n) is 7.61. The molecule has 0 atom stereocenters. The second kappa shape index (κ2) is 5.38. The van der Waals surface area contributed by atoms with Crippen LogP contribution in [0.1, 0.15) is 18.3 Å². The van der Waals surface area contributed by atoms with Gasteiger partial charge in [0.15, 0.2) is 11.2 Å². The molecule has 0 fully saturated rings. The van der Waals surface area contributed by atoms with Crippen LogP contribution < -0.4 is 11.2 Å². The molecule has 124 valence electrons. The van der Waals surface area contributed by atoms with Crippen molar-refractivity contribution in [2.75, 3.05) is 13.2 Å². The first-order valence-corrected chi connectivity index (χ1v) is 7.61. The Labute approximate surface area is 132 Å². The fourth-order valence-electron chi connectivity index (χ4n) is 2.96. The summed E-state index contributed by atoms with van der Waals surface area (Å²) >= 11 is 0. The van der Waals surface area contributed by atoms with Gasteiger partial charge < -0.3 is 9.30 Å². The molecule has 0 unspecified atom stereocenters. The Hall–Kier alpha value is -2.35. The lowest BCUT2D eigenvalue weighted by Crippen LogP contribution is -2.37. The summed E-state index contributed by atoms with van der Waals surface area (Å²) in [5.41, 5.74) is 2.10. The van der Waals surface area contributed by atoms with E-state index < -0.39 is 0 Å². The van der Waals surface area contributed by atoms with Crippen molar-refractivity contribution < 1.29 is 4.74 Å². The van der Waals surface area contributed by atoms with Crippen LogP contribution in [-0.4, -0.2) is 36.3 Å². The molecule has 8 nitrogen and oxygen atoms in total. The molecule has 3 heterocycles. The van der Waals surface area contributed by atoms with Gasteiger partial charge in [0.1, 0.15) is 0 Å². The van der Waals surface area contributed by atoms with Gasteiger partial charge in [0.25, 0.3) is 5.56 Å². The largest absolute Gasteiger partial charge is 0.380 e. The van der Waals surface area contributed by atoms with Crippen molar-refractivity contribution >= 4 is 16.9 Å². The minimum atomic E-state index is -0.376. The third kappa shape index (κ3) is 2.05. The van der Waals surface area contributed by atoms with Crippen LogP contribution in [0, 0.1) is 13.8 Å². The van der Waals surface area contributed by atoms with Crippen LogP contribution in [0.2, 0.25) is 0 Å². The van der Waals surface area contributed by atoms with Gasteiger partial charge in [-0.25, -0.2) is 4.79 Å². The van der Waals surface area contributed by atoms with E-state index in [9.17, 15) is 9.59 Å². The molecule has 3 aromatic heterocycles. The average molecular weight is 319 g/mol. The number of hydrogen-bond acceptors (Lipinski definition) is 4. The zero-order valence-corrected chi connectivity index (χ0v) is 14.1. The van der Waals surface area contributed by atoms with E-state index in [1.54, 1.807) is 7.05 Å². The number of hydrogen-bond donors (Lipinski definition) is 0. The molecule has 0 radical (unpaired) electrons. The number of aryl methyl sites for hydroxylation is 2. The molecule has 0 amide bonds. The van der Waals surface area contributed by atoms with E-state index in [0.29, 0.717) is 36.7 Å². The molecule has 0 bridgehead atoms. The summed E-state index contributed by atoms with van der Waals surface area (Å²) < 4.78 is 11.8. The quantitative estimate of drug-likeness (QED) is 0.650. The van der Waals surface area contributed by atoms with Crippen LogP contribution in [0.25, 0.3) is 16.9 Å². The summed E-state index contributed by atoms with van der Waals surface area (Å²) in [5.74, 6) is 0.660. The topological polar surface area (TPSA) is 75.5 Å². The van der Waals surface area contributed by atoms with Gasteiger partial charge in [0.2, 0.25) is 5.78 Å². The van der Waals surface area contributed by atoms with E-state index in [0.717, 1.165) is 16.0 Å². The van der Waals surface area contributed by atoms with Gasteiger partial charge in [-0.05, 0) is 20.8 Å². The normalized spacial score (nSPS) is 11.9. The van der Waals surface area contributed by atoms with Crippen molar-refractivity contribution in [3.63, 3.8) is 0 Å². The molecule has 0 saturated heterocycles. The third-order valence-electron chi connectivity index (χ3n) is 4.41.